The fourth-order valence-corrected chi connectivity index (χ4v) is 5.74. The van der Waals surface area contributed by atoms with Gasteiger partial charge in [-0.1, -0.05) is 102 Å². The van der Waals surface area contributed by atoms with E-state index in [4.69, 9.17) is 14.2 Å². The van der Waals surface area contributed by atoms with Crippen molar-refractivity contribution in [1.29, 1.82) is 0 Å². The number of unbranched alkanes of at least 4 members (excludes halogenated alkanes) is 12. The van der Waals surface area contributed by atoms with E-state index in [0.29, 0.717) is 18.3 Å². The molecule has 0 aliphatic rings. The Kier molecular flexibility index (Phi) is 25.0. The van der Waals surface area contributed by atoms with Crippen LogP contribution < -0.4 is 0 Å². The summed E-state index contributed by atoms with van der Waals surface area (Å²) in [5.41, 5.74) is -2.38. The van der Waals surface area contributed by atoms with Crippen LogP contribution in [0.1, 0.15) is 130 Å². The largest absolute Gasteiger partial charge is 0.470 e. The topological polar surface area (TPSA) is 82.1 Å². The molecule has 0 saturated carbocycles. The maximum atomic E-state index is 11.7. The van der Waals surface area contributed by atoms with Gasteiger partial charge in [-0.2, -0.15) is 11.8 Å². The normalized spacial score (nSPS) is 15.0. The fourth-order valence-electron chi connectivity index (χ4n) is 4.06. The lowest BCUT2D eigenvalue weighted by atomic mass is 10.1. The summed E-state index contributed by atoms with van der Waals surface area (Å²) in [7, 11) is -1.34. The Bertz CT molecular complexity index is 524. The second-order valence-corrected chi connectivity index (χ2v) is 11.9. The zero-order chi connectivity index (χ0) is 26.9. The minimum Gasteiger partial charge on any atom is -0.458 e. The molecule has 0 rings (SSSR count). The van der Waals surface area contributed by atoms with Gasteiger partial charge in [0.05, 0.1) is 19.3 Å². The molecule has 4 unspecified atom stereocenters. The van der Waals surface area contributed by atoms with Gasteiger partial charge in [0.1, 0.15) is 0 Å². The number of esters is 1. The summed E-state index contributed by atoms with van der Waals surface area (Å²) in [6, 6.07) is 0. The van der Waals surface area contributed by atoms with Gasteiger partial charge >= 0.3 is 20.0 Å². The smallest absolute Gasteiger partial charge is 0.458 e. The first kappa shape index (κ1) is 35.8. The molecule has 0 aromatic heterocycles. The summed E-state index contributed by atoms with van der Waals surface area (Å²) in [4.78, 5) is 11.7. The minimum absolute atomic E-state index is 0.0740. The Balaban J connectivity index is 4.29. The van der Waals surface area contributed by atoms with E-state index in [1.165, 1.54) is 102 Å². The van der Waals surface area contributed by atoms with Crippen molar-refractivity contribution in [3.63, 3.8) is 0 Å². The molecule has 0 spiro atoms. The van der Waals surface area contributed by atoms with Crippen molar-refractivity contribution in [3.05, 3.63) is 0 Å². The third-order valence-electron chi connectivity index (χ3n) is 6.37. The molecule has 0 saturated heterocycles. The van der Waals surface area contributed by atoms with E-state index in [1.54, 1.807) is 6.92 Å². The Labute approximate surface area is 227 Å². The number of aliphatic hydroxyl groups is 1. The lowest BCUT2D eigenvalue weighted by molar-refractivity contribution is -0.196. The van der Waals surface area contributed by atoms with E-state index >= 15 is 0 Å². The average Bonchev–Trinajstić information content (AvgIpc) is 2.88. The second-order valence-electron chi connectivity index (χ2n) is 9.69. The molecule has 0 aromatic carbocycles. The standard InChI is InChI=1S/C28H55O6PS/c1-5-8-10-12-13-14-15-17-19-24-36-26(21-18-16-11-9-6-2)25(4)33-22-20-23-34-28(30,35-31)27(29)32-7-3/h25-26,30H,5-24H2,1-4H3/p+1. The van der Waals surface area contributed by atoms with Gasteiger partial charge < -0.3 is 19.3 Å². The fraction of sp³-hybridized carbons (Fsp3) is 0.964. The molecule has 0 aliphatic heterocycles. The van der Waals surface area contributed by atoms with Gasteiger partial charge in [-0.15, -0.1) is 0 Å². The van der Waals surface area contributed by atoms with Crippen molar-refractivity contribution in [2.45, 2.75) is 147 Å². The molecule has 0 amide bonds. The lowest BCUT2D eigenvalue weighted by Gasteiger charge is -2.24. The second kappa shape index (κ2) is 25.1. The number of hydrogen-bond donors (Lipinski definition) is 1. The molecule has 8 heteroatoms. The summed E-state index contributed by atoms with van der Waals surface area (Å²) >= 11 is 2.05. The maximum absolute atomic E-state index is 11.7. The van der Waals surface area contributed by atoms with Crippen LogP contribution in [-0.4, -0.2) is 53.5 Å². The van der Waals surface area contributed by atoms with Crippen LogP contribution in [0.3, 0.4) is 0 Å². The number of carbonyl (C=O) groups excluding carboxylic acids is 1. The van der Waals surface area contributed by atoms with E-state index in [1.807, 2.05) is 0 Å². The SMILES string of the molecule is CCCCCCCCCCCSC(CCCCCCC)C(C)OCCCOC(O)([PH+]=O)C(=O)OCC. The van der Waals surface area contributed by atoms with E-state index < -0.39 is 20.0 Å². The summed E-state index contributed by atoms with van der Waals surface area (Å²) in [6.07, 6.45) is 20.4. The monoisotopic (exact) mass is 551 g/mol. The molecule has 0 radical (unpaired) electrons. The summed E-state index contributed by atoms with van der Waals surface area (Å²) in [6.45, 7) is 8.91. The highest BCUT2D eigenvalue weighted by atomic mass is 32.2. The number of rotatable bonds is 27. The van der Waals surface area contributed by atoms with Gasteiger partial charge in [-0.3, -0.25) is 0 Å². The first-order valence-electron chi connectivity index (χ1n) is 14.6. The number of thioether (sulfide) groups is 1. The van der Waals surface area contributed by atoms with E-state index in [0.717, 1.165) is 0 Å². The highest BCUT2D eigenvalue weighted by molar-refractivity contribution is 7.99. The zero-order valence-electron chi connectivity index (χ0n) is 23.7. The molecule has 0 aliphatic carbocycles. The van der Waals surface area contributed by atoms with Crippen molar-refractivity contribution in [2.75, 3.05) is 25.6 Å². The lowest BCUT2D eigenvalue weighted by Crippen LogP contribution is -2.38. The molecule has 214 valence electrons. The molecule has 0 fully saturated rings. The summed E-state index contributed by atoms with van der Waals surface area (Å²) < 4.78 is 27.3. The van der Waals surface area contributed by atoms with Crippen molar-refractivity contribution in [1.82, 2.24) is 0 Å². The first-order valence-corrected chi connectivity index (χ1v) is 16.6. The quantitative estimate of drug-likeness (QED) is 0.0479. The van der Waals surface area contributed by atoms with Crippen molar-refractivity contribution >= 4 is 26.2 Å². The van der Waals surface area contributed by atoms with E-state index in [2.05, 4.69) is 32.5 Å². The molecule has 0 bridgehead atoms. The molecule has 6 nitrogen and oxygen atoms in total. The van der Waals surface area contributed by atoms with Gasteiger partial charge in [-0.25, -0.2) is 4.79 Å². The molecule has 0 aromatic rings. The van der Waals surface area contributed by atoms with Crippen LogP contribution in [0.15, 0.2) is 0 Å². The number of ether oxygens (including phenoxy) is 3. The first-order chi connectivity index (χ1) is 17.4. The zero-order valence-corrected chi connectivity index (χ0v) is 25.5. The van der Waals surface area contributed by atoms with Crippen LogP contribution in [0, 0.1) is 0 Å². The average molecular weight is 552 g/mol. The summed E-state index contributed by atoms with van der Waals surface area (Å²) in [5.74, 6) is 0.173. The Morgan fingerprint density at radius 2 is 1.39 bits per heavy atom. The van der Waals surface area contributed by atoms with Crippen LogP contribution in [0.2, 0.25) is 0 Å². The molecule has 36 heavy (non-hydrogen) atoms. The predicted molar refractivity (Wildman–Crippen MR) is 153 cm³/mol. The highest BCUT2D eigenvalue weighted by Crippen LogP contribution is 2.26. The Morgan fingerprint density at radius 1 is 0.833 bits per heavy atom. The van der Waals surface area contributed by atoms with Crippen molar-refractivity contribution in [2.24, 2.45) is 0 Å². The van der Waals surface area contributed by atoms with Gasteiger partial charge in [0.2, 0.25) is 0 Å². The third-order valence-corrected chi connectivity index (χ3v) is 8.56. The van der Waals surface area contributed by atoms with Crippen LogP contribution in [0.4, 0.5) is 0 Å². The van der Waals surface area contributed by atoms with E-state index in [9.17, 15) is 14.5 Å². The maximum Gasteiger partial charge on any atom is 0.470 e. The van der Waals surface area contributed by atoms with Gasteiger partial charge in [0.25, 0.3) is 0 Å². The van der Waals surface area contributed by atoms with Crippen molar-refractivity contribution in [3.8, 4) is 0 Å². The molecular formula is C28H56O6PS+. The minimum atomic E-state index is -2.38. The summed E-state index contributed by atoms with van der Waals surface area (Å²) in [5, 5.41) is 10.5. The Morgan fingerprint density at radius 3 is 1.94 bits per heavy atom. The third kappa shape index (κ3) is 19.0. The van der Waals surface area contributed by atoms with Gasteiger partial charge in [-0.05, 0) is 38.9 Å². The van der Waals surface area contributed by atoms with Gasteiger partial charge in [0.15, 0.2) is 0 Å². The number of hydrogen-bond acceptors (Lipinski definition) is 7. The van der Waals surface area contributed by atoms with E-state index in [-0.39, 0.29) is 19.3 Å². The number of carbonyl (C=O) groups is 1. The van der Waals surface area contributed by atoms with Crippen molar-refractivity contribution < 1.29 is 28.7 Å². The Hall–Kier alpha value is -0.200. The molecule has 0 heterocycles. The van der Waals surface area contributed by atoms with Crippen LogP contribution in [-0.2, 0) is 23.6 Å². The highest BCUT2D eigenvalue weighted by Gasteiger charge is 2.49. The predicted octanol–water partition coefficient (Wildman–Crippen LogP) is 8.02. The van der Waals surface area contributed by atoms with Crippen LogP contribution >= 0.6 is 20.2 Å². The van der Waals surface area contributed by atoms with Crippen LogP contribution in [0.5, 0.6) is 0 Å². The van der Waals surface area contributed by atoms with Crippen LogP contribution in [0.25, 0.3) is 0 Å². The molecule has 1 N–H and O–H groups in total. The molecule has 4 atom stereocenters. The van der Waals surface area contributed by atoms with Gasteiger partial charge in [0, 0.05) is 11.9 Å². The molecular weight excluding hydrogens is 495 g/mol.